The molecule has 0 saturated carbocycles. The lowest BCUT2D eigenvalue weighted by atomic mass is 10.0. The van der Waals surface area contributed by atoms with Crippen LogP contribution in [0.4, 0.5) is 11.4 Å². The number of benzene rings is 3. The highest BCUT2D eigenvalue weighted by atomic mass is 32.2. The first-order chi connectivity index (χ1) is 17.0. The Hall–Kier alpha value is -3.40. The van der Waals surface area contributed by atoms with E-state index < -0.39 is 10.0 Å². The molecule has 2 heterocycles. The van der Waals surface area contributed by atoms with Crippen molar-refractivity contribution in [2.24, 2.45) is 0 Å². The summed E-state index contributed by atoms with van der Waals surface area (Å²) in [6.45, 7) is 1.77. The van der Waals surface area contributed by atoms with Crippen LogP contribution in [-0.4, -0.2) is 58.1 Å². The maximum Gasteiger partial charge on any atom is 0.247 e. The molecule has 3 aromatic rings. The van der Waals surface area contributed by atoms with E-state index in [-0.39, 0.29) is 23.4 Å². The van der Waals surface area contributed by atoms with Crippen LogP contribution in [0.3, 0.4) is 0 Å². The number of rotatable bonds is 6. The maximum absolute atomic E-state index is 13.5. The fraction of sp³-hybridized carbons (Fsp3) is 0.269. The van der Waals surface area contributed by atoms with Crippen molar-refractivity contribution in [3.05, 3.63) is 84.4 Å². The summed E-state index contributed by atoms with van der Waals surface area (Å²) in [5, 5.41) is 3.12. The van der Waals surface area contributed by atoms with Gasteiger partial charge in [-0.05, 0) is 35.9 Å². The summed E-state index contributed by atoms with van der Waals surface area (Å²) >= 11 is 0. The fourth-order valence-electron chi connectivity index (χ4n) is 4.38. The Bertz CT molecular complexity index is 1290. The van der Waals surface area contributed by atoms with Gasteiger partial charge in [-0.3, -0.25) is 9.69 Å². The van der Waals surface area contributed by atoms with Gasteiger partial charge in [-0.15, -0.1) is 0 Å². The summed E-state index contributed by atoms with van der Waals surface area (Å²) in [6, 6.07) is 23.6. The molecule has 2 aliphatic heterocycles. The number of fused-ring (bicyclic) bond motifs is 1. The highest BCUT2D eigenvalue weighted by molar-refractivity contribution is 7.89. The Balaban J connectivity index is 1.36. The molecular weight excluding hydrogens is 466 g/mol. The first-order valence-electron chi connectivity index (χ1n) is 11.5. The third kappa shape index (κ3) is 4.88. The summed E-state index contributed by atoms with van der Waals surface area (Å²) in [6.07, 6.45) is 0. The van der Waals surface area contributed by atoms with Gasteiger partial charge in [0.2, 0.25) is 15.9 Å². The lowest BCUT2D eigenvalue weighted by molar-refractivity contribution is -0.117. The van der Waals surface area contributed by atoms with Gasteiger partial charge in [-0.25, -0.2) is 8.42 Å². The zero-order valence-corrected chi connectivity index (χ0v) is 20.0. The van der Waals surface area contributed by atoms with Crippen LogP contribution in [0.15, 0.2) is 83.8 Å². The number of hydrogen-bond acceptors (Lipinski definition) is 6. The summed E-state index contributed by atoms with van der Waals surface area (Å²) in [4.78, 5) is 15.5. The first kappa shape index (κ1) is 23.3. The third-order valence-electron chi connectivity index (χ3n) is 6.17. The van der Waals surface area contributed by atoms with E-state index in [1.54, 1.807) is 29.2 Å². The molecule has 8 nitrogen and oxygen atoms in total. The second kappa shape index (κ2) is 10.1. The minimum atomic E-state index is -3.63. The molecule has 0 aliphatic carbocycles. The Morgan fingerprint density at radius 1 is 0.943 bits per heavy atom. The van der Waals surface area contributed by atoms with Crippen LogP contribution >= 0.6 is 0 Å². The van der Waals surface area contributed by atoms with Crippen LogP contribution in [-0.2, 0) is 19.6 Å². The number of carbonyl (C=O) groups is 1. The highest BCUT2D eigenvalue weighted by Gasteiger charge is 2.33. The molecule has 35 heavy (non-hydrogen) atoms. The van der Waals surface area contributed by atoms with Crippen LogP contribution in [0.2, 0.25) is 0 Å². The minimum Gasteiger partial charge on any atom is -0.489 e. The molecule has 2 aliphatic rings. The Kier molecular flexibility index (Phi) is 6.72. The predicted molar refractivity (Wildman–Crippen MR) is 133 cm³/mol. The van der Waals surface area contributed by atoms with Crippen molar-refractivity contribution in [3.63, 3.8) is 0 Å². The molecule has 0 bridgehead atoms. The number of para-hydroxylation sites is 2. The van der Waals surface area contributed by atoms with E-state index in [2.05, 4.69) is 5.32 Å². The molecule has 1 amide bonds. The first-order valence-corrected chi connectivity index (χ1v) is 13.0. The molecule has 1 atom stereocenters. The lowest BCUT2D eigenvalue weighted by Crippen LogP contribution is -2.43. The normalized spacial score (nSPS) is 18.4. The van der Waals surface area contributed by atoms with Crippen LogP contribution in [0, 0.1) is 0 Å². The third-order valence-corrected chi connectivity index (χ3v) is 8.07. The molecule has 0 radical (unpaired) electrons. The monoisotopic (exact) mass is 493 g/mol. The molecule has 0 unspecified atom stereocenters. The molecule has 3 aromatic carbocycles. The van der Waals surface area contributed by atoms with Crippen molar-refractivity contribution in [2.75, 3.05) is 49.7 Å². The molecule has 1 fully saturated rings. The van der Waals surface area contributed by atoms with E-state index in [1.165, 1.54) is 4.31 Å². The Morgan fingerprint density at radius 2 is 1.69 bits per heavy atom. The average molecular weight is 494 g/mol. The number of hydrogen-bond donors (Lipinski definition) is 1. The summed E-state index contributed by atoms with van der Waals surface area (Å²) < 4.78 is 38.7. The molecule has 9 heteroatoms. The standard InChI is InChI=1S/C26H27N3O5S/c30-26(18-27-21-9-6-10-22(17-21)35(31,32)28-13-15-33-16-14-28)29-23-11-4-5-12-25(23)34-19-24(29)20-7-2-1-3-8-20/h1-12,17,24,27H,13-16,18-19H2/t24-/m1/s1. The van der Waals surface area contributed by atoms with Crippen molar-refractivity contribution in [1.29, 1.82) is 0 Å². The number of ether oxygens (including phenoxy) is 2. The van der Waals surface area contributed by atoms with Crippen molar-refractivity contribution in [2.45, 2.75) is 10.9 Å². The van der Waals surface area contributed by atoms with Gasteiger partial charge in [0.25, 0.3) is 0 Å². The number of amides is 1. The van der Waals surface area contributed by atoms with E-state index in [0.717, 1.165) is 5.56 Å². The van der Waals surface area contributed by atoms with Gasteiger partial charge in [-0.2, -0.15) is 4.31 Å². The summed E-state index contributed by atoms with van der Waals surface area (Å²) in [5.74, 6) is 0.516. The van der Waals surface area contributed by atoms with E-state index >= 15 is 0 Å². The number of sulfonamides is 1. The smallest absolute Gasteiger partial charge is 0.247 e. The van der Waals surface area contributed by atoms with Crippen molar-refractivity contribution in [1.82, 2.24) is 4.31 Å². The van der Waals surface area contributed by atoms with Gasteiger partial charge in [0.1, 0.15) is 12.4 Å². The van der Waals surface area contributed by atoms with Crippen LogP contribution in [0.5, 0.6) is 5.75 Å². The SMILES string of the molecule is O=C(CNc1cccc(S(=O)(=O)N2CCOCC2)c1)N1c2ccccc2OC[C@@H]1c1ccccc1. The van der Waals surface area contributed by atoms with Crippen LogP contribution in [0.25, 0.3) is 0 Å². The van der Waals surface area contributed by atoms with E-state index in [9.17, 15) is 13.2 Å². The van der Waals surface area contributed by atoms with Crippen molar-refractivity contribution >= 4 is 27.3 Å². The quantitative estimate of drug-likeness (QED) is 0.567. The van der Waals surface area contributed by atoms with Crippen LogP contribution in [0.1, 0.15) is 11.6 Å². The number of nitrogens with zero attached hydrogens (tertiary/aromatic N) is 2. The second-order valence-electron chi connectivity index (χ2n) is 8.37. The lowest BCUT2D eigenvalue weighted by Gasteiger charge is -2.37. The van der Waals surface area contributed by atoms with Gasteiger partial charge in [0.15, 0.2) is 0 Å². The molecular formula is C26H27N3O5S. The topological polar surface area (TPSA) is 88.2 Å². The van der Waals surface area contributed by atoms with Gasteiger partial charge in [0, 0.05) is 18.8 Å². The maximum atomic E-state index is 13.5. The predicted octanol–water partition coefficient (Wildman–Crippen LogP) is 3.29. The fourth-order valence-corrected chi connectivity index (χ4v) is 5.84. The van der Waals surface area contributed by atoms with Crippen molar-refractivity contribution < 1.29 is 22.7 Å². The second-order valence-corrected chi connectivity index (χ2v) is 10.3. The highest BCUT2D eigenvalue weighted by Crippen LogP contribution is 2.39. The van der Waals surface area contributed by atoms with Crippen molar-refractivity contribution in [3.8, 4) is 5.75 Å². The number of carbonyl (C=O) groups excluding carboxylic acids is 1. The molecule has 182 valence electrons. The van der Waals surface area contributed by atoms with Crippen LogP contribution < -0.4 is 15.0 Å². The number of morpholine rings is 1. The van der Waals surface area contributed by atoms with E-state index in [0.29, 0.717) is 50.0 Å². The summed E-state index contributed by atoms with van der Waals surface area (Å²) in [7, 11) is -3.63. The molecule has 0 aromatic heterocycles. The average Bonchev–Trinajstić information content (AvgIpc) is 2.92. The van der Waals surface area contributed by atoms with Gasteiger partial charge in [-0.1, -0.05) is 48.5 Å². The van der Waals surface area contributed by atoms with E-state index in [4.69, 9.17) is 9.47 Å². The van der Waals surface area contributed by atoms with Gasteiger partial charge in [0.05, 0.1) is 36.4 Å². The minimum absolute atomic E-state index is 0.00127. The largest absolute Gasteiger partial charge is 0.489 e. The van der Waals surface area contributed by atoms with Gasteiger partial charge >= 0.3 is 0 Å². The molecule has 0 spiro atoms. The zero-order chi connectivity index (χ0) is 24.3. The Labute approximate surface area is 205 Å². The summed E-state index contributed by atoms with van der Waals surface area (Å²) in [5.41, 5.74) is 2.25. The molecule has 1 N–H and O–H groups in total. The molecule has 5 rings (SSSR count). The van der Waals surface area contributed by atoms with Gasteiger partial charge < -0.3 is 14.8 Å². The molecule has 1 saturated heterocycles. The Morgan fingerprint density at radius 3 is 2.49 bits per heavy atom. The van der Waals surface area contributed by atoms with E-state index in [1.807, 2.05) is 54.6 Å². The number of nitrogens with one attached hydrogen (secondary N) is 1. The number of anilines is 2. The zero-order valence-electron chi connectivity index (χ0n) is 19.2.